The van der Waals surface area contributed by atoms with Crippen LogP contribution < -0.4 is 5.32 Å². The van der Waals surface area contributed by atoms with Crippen molar-refractivity contribution in [3.63, 3.8) is 0 Å². The molecule has 0 aliphatic carbocycles. The third kappa shape index (κ3) is 1.37. The summed E-state index contributed by atoms with van der Waals surface area (Å²) in [6, 6.07) is 0. The average Bonchev–Trinajstić information content (AvgIpc) is 2.34. The van der Waals surface area contributed by atoms with Crippen LogP contribution in [0.2, 0.25) is 0 Å². The van der Waals surface area contributed by atoms with E-state index in [1.54, 1.807) is 0 Å². The van der Waals surface area contributed by atoms with Crippen molar-refractivity contribution in [2.45, 2.75) is 13.8 Å². The zero-order valence-electron chi connectivity index (χ0n) is 7.02. The predicted octanol–water partition coefficient (Wildman–Crippen LogP) is 0.933. The van der Waals surface area contributed by atoms with Gasteiger partial charge < -0.3 is 5.32 Å². The molecule has 2 unspecified atom stereocenters. The van der Waals surface area contributed by atoms with Gasteiger partial charge in [0.05, 0.1) is 0 Å². The van der Waals surface area contributed by atoms with E-state index in [1.807, 2.05) is 7.05 Å². The lowest BCUT2D eigenvalue weighted by Gasteiger charge is -2.12. The Morgan fingerprint density at radius 3 is 2.60 bits per heavy atom. The van der Waals surface area contributed by atoms with Gasteiger partial charge in [0.15, 0.2) is 0 Å². The third-order valence-electron chi connectivity index (χ3n) is 2.41. The zero-order valence-corrected chi connectivity index (χ0v) is 7.02. The normalized spacial score (nSPS) is 34.9. The lowest BCUT2D eigenvalue weighted by atomic mass is 9.94. The molecule has 0 aromatic carbocycles. The quantitative estimate of drug-likeness (QED) is 0.538. The van der Waals surface area contributed by atoms with E-state index in [9.17, 15) is 0 Å². The summed E-state index contributed by atoms with van der Waals surface area (Å²) in [5, 5.41) is 3.36. The maximum atomic E-state index is 4.20. The summed E-state index contributed by atoms with van der Waals surface area (Å²) >= 11 is 0. The predicted molar refractivity (Wildman–Crippen MR) is 44.6 cm³/mol. The molecule has 58 valence electrons. The van der Waals surface area contributed by atoms with Gasteiger partial charge in [-0.2, -0.15) is 0 Å². The molecule has 2 atom stereocenters. The largest absolute Gasteiger partial charge is 0.316 e. The molecule has 1 N–H and O–H groups in total. The second kappa shape index (κ2) is 3.15. The van der Waals surface area contributed by atoms with Crippen LogP contribution in [0.25, 0.3) is 0 Å². The zero-order chi connectivity index (χ0) is 7.56. The van der Waals surface area contributed by atoms with Gasteiger partial charge in [-0.1, -0.05) is 6.92 Å². The Hall–Kier alpha value is -0.370. The van der Waals surface area contributed by atoms with E-state index >= 15 is 0 Å². The summed E-state index contributed by atoms with van der Waals surface area (Å²) < 4.78 is 0. The fourth-order valence-corrected chi connectivity index (χ4v) is 1.54. The highest BCUT2D eigenvalue weighted by atomic mass is 14.9. The van der Waals surface area contributed by atoms with Crippen molar-refractivity contribution in [1.82, 2.24) is 5.32 Å². The minimum Gasteiger partial charge on any atom is -0.316 e. The first kappa shape index (κ1) is 7.73. The molecule has 2 heteroatoms. The van der Waals surface area contributed by atoms with Crippen molar-refractivity contribution in [3.8, 4) is 0 Å². The van der Waals surface area contributed by atoms with Gasteiger partial charge in [0, 0.05) is 25.2 Å². The van der Waals surface area contributed by atoms with Crippen molar-refractivity contribution in [2.75, 3.05) is 20.1 Å². The summed E-state index contributed by atoms with van der Waals surface area (Å²) in [5.41, 5.74) is 1.29. The van der Waals surface area contributed by atoms with Crippen molar-refractivity contribution in [1.29, 1.82) is 0 Å². The lowest BCUT2D eigenvalue weighted by Crippen LogP contribution is -2.18. The molecule has 0 amide bonds. The van der Waals surface area contributed by atoms with Gasteiger partial charge >= 0.3 is 0 Å². The molecule has 1 heterocycles. The van der Waals surface area contributed by atoms with E-state index in [0.717, 1.165) is 19.0 Å². The summed E-state index contributed by atoms with van der Waals surface area (Å²) in [7, 11) is 1.88. The molecule has 2 nitrogen and oxygen atoms in total. The Balaban J connectivity index is 2.55. The van der Waals surface area contributed by atoms with Crippen molar-refractivity contribution >= 4 is 5.71 Å². The summed E-state index contributed by atoms with van der Waals surface area (Å²) in [6.07, 6.45) is 0. The van der Waals surface area contributed by atoms with Gasteiger partial charge in [-0.05, 0) is 19.4 Å². The Bertz CT molecular complexity index is 140. The van der Waals surface area contributed by atoms with Gasteiger partial charge in [0.1, 0.15) is 0 Å². The highest BCUT2D eigenvalue weighted by Crippen LogP contribution is 2.16. The molecule has 0 bridgehead atoms. The van der Waals surface area contributed by atoms with Crippen LogP contribution in [-0.4, -0.2) is 25.8 Å². The second-order valence-electron chi connectivity index (χ2n) is 3.11. The van der Waals surface area contributed by atoms with Crippen LogP contribution in [0.5, 0.6) is 0 Å². The monoisotopic (exact) mass is 140 g/mol. The van der Waals surface area contributed by atoms with E-state index < -0.39 is 0 Å². The van der Waals surface area contributed by atoms with E-state index in [0.29, 0.717) is 5.92 Å². The van der Waals surface area contributed by atoms with Crippen LogP contribution in [-0.2, 0) is 0 Å². The number of nitrogens with one attached hydrogen (secondary N) is 1. The van der Waals surface area contributed by atoms with Crippen molar-refractivity contribution in [2.24, 2.45) is 16.8 Å². The van der Waals surface area contributed by atoms with Gasteiger partial charge in [-0.15, -0.1) is 0 Å². The Morgan fingerprint density at radius 1 is 1.50 bits per heavy atom. The highest BCUT2D eigenvalue weighted by molar-refractivity contribution is 5.85. The smallest absolute Gasteiger partial charge is 0.0276 e. The highest BCUT2D eigenvalue weighted by Gasteiger charge is 2.24. The fraction of sp³-hybridized carbons (Fsp3) is 0.875. The van der Waals surface area contributed by atoms with Crippen LogP contribution in [0.3, 0.4) is 0 Å². The standard InChI is InChI=1S/C8H16N2/c1-6-4-10-5-8(6)7(2)9-3/h6,8,10H,4-5H2,1-3H3. The molecule has 0 spiro atoms. The minimum absolute atomic E-state index is 0.685. The summed E-state index contributed by atoms with van der Waals surface area (Å²) in [4.78, 5) is 4.20. The molecule has 1 fully saturated rings. The molecule has 1 rings (SSSR count). The topological polar surface area (TPSA) is 24.4 Å². The molecule has 0 aromatic rings. The van der Waals surface area contributed by atoms with Crippen LogP contribution in [0.15, 0.2) is 4.99 Å². The maximum Gasteiger partial charge on any atom is 0.0276 e. The first-order chi connectivity index (χ1) is 4.75. The lowest BCUT2D eigenvalue weighted by molar-refractivity contribution is 0.568. The van der Waals surface area contributed by atoms with Gasteiger partial charge in [0.2, 0.25) is 0 Å². The third-order valence-corrected chi connectivity index (χ3v) is 2.41. The number of aliphatic imine (C=N–C) groups is 1. The molecular weight excluding hydrogens is 124 g/mol. The first-order valence-electron chi connectivity index (χ1n) is 3.89. The number of nitrogens with zero attached hydrogens (tertiary/aromatic N) is 1. The van der Waals surface area contributed by atoms with Gasteiger partial charge in [0.25, 0.3) is 0 Å². The molecule has 0 saturated carbocycles. The van der Waals surface area contributed by atoms with E-state index in [2.05, 4.69) is 24.2 Å². The van der Waals surface area contributed by atoms with Crippen molar-refractivity contribution < 1.29 is 0 Å². The van der Waals surface area contributed by atoms with Crippen LogP contribution in [0.1, 0.15) is 13.8 Å². The molecule has 0 aromatic heterocycles. The van der Waals surface area contributed by atoms with E-state index in [4.69, 9.17) is 0 Å². The van der Waals surface area contributed by atoms with Gasteiger partial charge in [-0.3, -0.25) is 4.99 Å². The Morgan fingerprint density at radius 2 is 2.20 bits per heavy atom. The molecule has 1 saturated heterocycles. The van der Waals surface area contributed by atoms with E-state index in [-0.39, 0.29) is 0 Å². The van der Waals surface area contributed by atoms with Crippen LogP contribution in [0, 0.1) is 11.8 Å². The minimum atomic E-state index is 0.685. The number of hydrogen-bond acceptors (Lipinski definition) is 2. The van der Waals surface area contributed by atoms with Crippen LogP contribution >= 0.6 is 0 Å². The van der Waals surface area contributed by atoms with E-state index in [1.165, 1.54) is 5.71 Å². The maximum absolute atomic E-state index is 4.20. The number of hydrogen-bond donors (Lipinski definition) is 1. The number of rotatable bonds is 1. The molecule has 1 aliphatic rings. The Kier molecular flexibility index (Phi) is 2.44. The fourth-order valence-electron chi connectivity index (χ4n) is 1.54. The summed E-state index contributed by atoms with van der Waals surface area (Å²) in [5.74, 6) is 1.45. The van der Waals surface area contributed by atoms with Crippen LogP contribution in [0.4, 0.5) is 0 Å². The SMILES string of the molecule is CN=C(C)C1CNCC1C. The summed E-state index contributed by atoms with van der Waals surface area (Å²) in [6.45, 7) is 6.66. The molecule has 10 heavy (non-hydrogen) atoms. The molecule has 1 aliphatic heterocycles. The Labute approximate surface area is 62.7 Å². The van der Waals surface area contributed by atoms with Gasteiger partial charge in [-0.25, -0.2) is 0 Å². The first-order valence-corrected chi connectivity index (χ1v) is 3.89. The molecule has 0 radical (unpaired) electrons. The molecular formula is C8H16N2. The second-order valence-corrected chi connectivity index (χ2v) is 3.11. The average molecular weight is 140 g/mol. The van der Waals surface area contributed by atoms with Crippen molar-refractivity contribution in [3.05, 3.63) is 0 Å².